The first-order valence-electron chi connectivity index (χ1n) is 8.25. The smallest absolute Gasteiger partial charge is 0.222 e. The van der Waals surface area contributed by atoms with E-state index in [9.17, 15) is 8.78 Å². The van der Waals surface area contributed by atoms with Crippen LogP contribution in [0.3, 0.4) is 0 Å². The number of nitrogens with zero attached hydrogens (tertiary/aromatic N) is 4. The second kappa shape index (κ2) is 7.28. The Morgan fingerprint density at radius 2 is 1.86 bits per heavy atom. The zero-order valence-corrected chi connectivity index (χ0v) is 15.5. The number of nitrogens with two attached hydrogens (primary N) is 1. The Morgan fingerprint density at radius 1 is 1.00 bits per heavy atom. The molecular weight excluding hydrogens is 382 g/mol. The second-order valence-electron chi connectivity index (χ2n) is 5.78. The molecule has 0 spiro atoms. The van der Waals surface area contributed by atoms with Crippen LogP contribution in [-0.4, -0.2) is 27.0 Å². The lowest BCUT2D eigenvalue weighted by molar-refractivity contribution is 0.622. The van der Waals surface area contributed by atoms with Crippen molar-refractivity contribution in [1.29, 1.82) is 0 Å². The molecule has 3 aromatic heterocycles. The van der Waals surface area contributed by atoms with Gasteiger partial charge in [0, 0.05) is 18.8 Å². The summed E-state index contributed by atoms with van der Waals surface area (Å²) in [7, 11) is 1.71. The average Bonchev–Trinajstić information content (AvgIpc) is 3.16. The number of nitrogens with one attached hydrogen (secondary N) is 1. The minimum Gasteiger partial charge on any atom is -0.396 e. The lowest BCUT2D eigenvalue weighted by Crippen LogP contribution is -1.97. The van der Waals surface area contributed by atoms with Gasteiger partial charge >= 0.3 is 0 Å². The van der Waals surface area contributed by atoms with E-state index in [1.165, 1.54) is 29.5 Å². The van der Waals surface area contributed by atoms with Crippen LogP contribution in [0.5, 0.6) is 0 Å². The molecule has 3 N–H and O–H groups in total. The van der Waals surface area contributed by atoms with Crippen molar-refractivity contribution in [2.45, 2.75) is 0 Å². The molecule has 9 heteroatoms. The van der Waals surface area contributed by atoms with Gasteiger partial charge in [0.1, 0.15) is 10.8 Å². The Hall–Kier alpha value is -3.46. The summed E-state index contributed by atoms with van der Waals surface area (Å²) in [5, 5.41) is 3.39. The molecule has 4 aromatic rings. The topological polar surface area (TPSA) is 89.6 Å². The molecule has 6 nitrogen and oxygen atoms in total. The fraction of sp³-hybridized carbons (Fsp3) is 0.0526. The minimum atomic E-state index is -0.560. The average molecular weight is 396 g/mol. The van der Waals surface area contributed by atoms with Gasteiger partial charge in [-0.3, -0.25) is 4.98 Å². The van der Waals surface area contributed by atoms with Gasteiger partial charge in [0.2, 0.25) is 5.95 Å². The number of hydrogen-bond acceptors (Lipinski definition) is 7. The van der Waals surface area contributed by atoms with Crippen LogP contribution in [0.4, 0.5) is 20.4 Å². The SMILES string of the molecule is CNc1nccc(-c2sc(-c3ccc(F)cn3)nc2-c2cccc(N)c2F)n1. The fourth-order valence-electron chi connectivity index (χ4n) is 2.63. The molecule has 28 heavy (non-hydrogen) atoms. The lowest BCUT2D eigenvalue weighted by atomic mass is 10.1. The molecule has 0 aliphatic rings. The standard InChI is InChI=1S/C19H14F2N6S/c1-23-19-24-8-7-13(26-19)17-16(11-3-2-4-12(22)15(11)21)27-18(28-17)14-6-5-10(20)9-25-14/h2-9H,22H2,1H3,(H,23,24,26). The second-order valence-corrected chi connectivity index (χ2v) is 6.78. The van der Waals surface area contributed by atoms with Crippen molar-refractivity contribution in [3.8, 4) is 32.5 Å². The number of benzene rings is 1. The van der Waals surface area contributed by atoms with E-state index in [1.807, 2.05) is 0 Å². The summed E-state index contributed by atoms with van der Waals surface area (Å²) < 4.78 is 28.0. The summed E-state index contributed by atoms with van der Waals surface area (Å²) in [4.78, 5) is 17.8. The van der Waals surface area contributed by atoms with E-state index in [0.29, 0.717) is 32.9 Å². The number of nitrogen functional groups attached to an aromatic ring is 1. The molecular formula is C19H14F2N6S. The number of thiazole rings is 1. The van der Waals surface area contributed by atoms with E-state index < -0.39 is 11.6 Å². The predicted molar refractivity (Wildman–Crippen MR) is 106 cm³/mol. The zero-order valence-electron chi connectivity index (χ0n) is 14.6. The highest BCUT2D eigenvalue weighted by molar-refractivity contribution is 7.18. The summed E-state index contributed by atoms with van der Waals surface area (Å²) in [5.41, 5.74) is 7.45. The number of hydrogen-bond donors (Lipinski definition) is 2. The maximum Gasteiger partial charge on any atom is 0.222 e. The van der Waals surface area contributed by atoms with Crippen molar-refractivity contribution in [2.24, 2.45) is 0 Å². The summed E-state index contributed by atoms with van der Waals surface area (Å²) >= 11 is 1.28. The van der Waals surface area contributed by atoms with Crippen LogP contribution in [0.1, 0.15) is 0 Å². The predicted octanol–water partition coefficient (Wildman–Crippen LogP) is 4.23. The third kappa shape index (κ3) is 3.27. The number of rotatable bonds is 4. The number of halogens is 2. The molecule has 0 saturated carbocycles. The third-order valence-electron chi connectivity index (χ3n) is 3.97. The van der Waals surface area contributed by atoms with E-state index in [-0.39, 0.29) is 11.3 Å². The monoisotopic (exact) mass is 396 g/mol. The van der Waals surface area contributed by atoms with Crippen LogP contribution >= 0.6 is 11.3 Å². The largest absolute Gasteiger partial charge is 0.396 e. The van der Waals surface area contributed by atoms with Gasteiger partial charge in [0.25, 0.3) is 0 Å². The Kier molecular flexibility index (Phi) is 4.66. The van der Waals surface area contributed by atoms with Crippen molar-refractivity contribution in [3.63, 3.8) is 0 Å². The van der Waals surface area contributed by atoms with Crippen LogP contribution in [0.25, 0.3) is 32.5 Å². The first-order chi connectivity index (χ1) is 13.6. The summed E-state index contributed by atoms with van der Waals surface area (Å²) in [5.74, 6) is -0.584. The van der Waals surface area contributed by atoms with Crippen LogP contribution in [-0.2, 0) is 0 Å². The van der Waals surface area contributed by atoms with Crippen molar-refractivity contribution in [2.75, 3.05) is 18.1 Å². The van der Waals surface area contributed by atoms with Gasteiger partial charge < -0.3 is 11.1 Å². The van der Waals surface area contributed by atoms with Gasteiger partial charge in [-0.05, 0) is 30.3 Å². The Labute approximate surface area is 163 Å². The molecule has 0 aliphatic carbocycles. The minimum absolute atomic E-state index is 0.0245. The highest BCUT2D eigenvalue weighted by atomic mass is 32.1. The zero-order chi connectivity index (χ0) is 19.7. The van der Waals surface area contributed by atoms with E-state index in [2.05, 4.69) is 25.3 Å². The van der Waals surface area contributed by atoms with E-state index in [1.54, 1.807) is 31.4 Å². The van der Waals surface area contributed by atoms with E-state index in [0.717, 1.165) is 6.20 Å². The molecule has 0 saturated heterocycles. The van der Waals surface area contributed by atoms with E-state index >= 15 is 0 Å². The van der Waals surface area contributed by atoms with Gasteiger partial charge in [-0.25, -0.2) is 23.7 Å². The summed E-state index contributed by atoms with van der Waals surface area (Å²) in [6.45, 7) is 0. The van der Waals surface area contributed by atoms with Crippen LogP contribution < -0.4 is 11.1 Å². The maximum atomic E-state index is 14.7. The van der Waals surface area contributed by atoms with Gasteiger partial charge in [-0.2, -0.15) is 0 Å². The summed E-state index contributed by atoms with van der Waals surface area (Å²) in [6.07, 6.45) is 2.71. The van der Waals surface area contributed by atoms with Gasteiger partial charge in [0.05, 0.1) is 33.8 Å². The molecule has 1 aromatic carbocycles. The molecule has 0 unspecified atom stereocenters. The first kappa shape index (κ1) is 17.9. The number of anilines is 2. The van der Waals surface area contributed by atoms with Crippen LogP contribution in [0, 0.1) is 11.6 Å². The highest BCUT2D eigenvalue weighted by Gasteiger charge is 2.21. The molecule has 0 atom stereocenters. The Bertz CT molecular complexity index is 1140. The lowest BCUT2D eigenvalue weighted by Gasteiger charge is -2.06. The molecule has 3 heterocycles. The van der Waals surface area contributed by atoms with Crippen LogP contribution in [0.15, 0.2) is 48.8 Å². The molecule has 0 amide bonds. The molecule has 0 bridgehead atoms. The van der Waals surface area contributed by atoms with Crippen molar-refractivity contribution in [3.05, 3.63) is 60.4 Å². The molecule has 140 valence electrons. The Morgan fingerprint density at radius 3 is 2.61 bits per heavy atom. The normalized spacial score (nSPS) is 10.8. The molecule has 0 fully saturated rings. The van der Waals surface area contributed by atoms with Gasteiger partial charge in [-0.15, -0.1) is 11.3 Å². The maximum absolute atomic E-state index is 14.7. The highest BCUT2D eigenvalue weighted by Crippen LogP contribution is 2.41. The van der Waals surface area contributed by atoms with Gasteiger partial charge in [0.15, 0.2) is 5.82 Å². The van der Waals surface area contributed by atoms with E-state index in [4.69, 9.17) is 5.73 Å². The summed E-state index contributed by atoms with van der Waals surface area (Å²) in [6, 6.07) is 9.28. The quantitative estimate of drug-likeness (QED) is 0.502. The Balaban J connectivity index is 1.94. The number of pyridine rings is 1. The van der Waals surface area contributed by atoms with Crippen LogP contribution in [0.2, 0.25) is 0 Å². The molecule has 0 radical (unpaired) electrons. The van der Waals surface area contributed by atoms with Crippen molar-refractivity contribution in [1.82, 2.24) is 19.9 Å². The third-order valence-corrected chi connectivity index (χ3v) is 5.07. The first-order valence-corrected chi connectivity index (χ1v) is 9.06. The van der Waals surface area contributed by atoms with Gasteiger partial charge in [-0.1, -0.05) is 6.07 Å². The molecule has 0 aliphatic heterocycles. The fourth-order valence-corrected chi connectivity index (χ4v) is 3.65. The molecule has 4 rings (SSSR count). The van der Waals surface area contributed by atoms with Crippen molar-refractivity contribution < 1.29 is 8.78 Å². The number of aromatic nitrogens is 4. The van der Waals surface area contributed by atoms with Crippen molar-refractivity contribution >= 4 is 23.0 Å².